The average Bonchev–Trinajstić information content (AvgIpc) is 2.35. The van der Waals surface area contributed by atoms with Gasteiger partial charge >= 0.3 is 0 Å². The molecule has 0 atom stereocenters. The number of rotatable bonds is 2. The molecule has 0 aromatic carbocycles. The molecule has 17 heavy (non-hydrogen) atoms. The summed E-state index contributed by atoms with van der Waals surface area (Å²) in [5, 5.41) is 9.58. The van der Waals surface area contributed by atoms with E-state index < -0.39 is 0 Å². The summed E-state index contributed by atoms with van der Waals surface area (Å²) in [6.07, 6.45) is 13.0. The molecular weight excluding hydrogens is 210 g/mol. The van der Waals surface area contributed by atoms with Crippen LogP contribution in [0.5, 0.6) is 0 Å². The molecule has 0 spiro atoms. The maximum absolute atomic E-state index is 9.58. The second kappa shape index (κ2) is 8.32. The van der Waals surface area contributed by atoms with Crippen LogP contribution in [0.4, 0.5) is 0 Å². The molecule has 0 radical (unpaired) electrons. The van der Waals surface area contributed by atoms with Gasteiger partial charge in [-0.1, -0.05) is 57.9 Å². The Balaban J connectivity index is 2.56. The second-order valence-corrected chi connectivity index (χ2v) is 5.16. The van der Waals surface area contributed by atoms with Crippen molar-refractivity contribution >= 4 is 5.71 Å². The number of allylic oxidation sites excluding steroid dienone is 1. The molecule has 1 N–H and O–H groups in total. The number of aliphatic hydroxyl groups excluding tert-OH is 1. The van der Waals surface area contributed by atoms with Crippen molar-refractivity contribution in [3.05, 3.63) is 12.3 Å². The summed E-state index contributed by atoms with van der Waals surface area (Å²) in [5.74, 6) is 0.600. The third kappa shape index (κ3) is 5.38. The standard InChI is InChI=1S/C15H27NO/c1-13(17)15(16-2)14-11-9-7-5-3-4-6-8-10-12-14/h14,17H,1,3-12H2,2H3/b16-15+. The van der Waals surface area contributed by atoms with E-state index in [1.807, 2.05) is 0 Å². The summed E-state index contributed by atoms with van der Waals surface area (Å²) in [5.41, 5.74) is 0.837. The molecule has 0 aromatic heterocycles. The van der Waals surface area contributed by atoms with Gasteiger partial charge in [-0.25, -0.2) is 0 Å². The van der Waals surface area contributed by atoms with Crippen LogP contribution in [-0.2, 0) is 0 Å². The highest BCUT2D eigenvalue weighted by Gasteiger charge is 2.17. The van der Waals surface area contributed by atoms with Gasteiger partial charge in [0.15, 0.2) is 0 Å². The van der Waals surface area contributed by atoms with E-state index in [9.17, 15) is 5.11 Å². The molecule has 0 bridgehead atoms. The summed E-state index contributed by atoms with van der Waals surface area (Å²) in [7, 11) is 1.77. The van der Waals surface area contributed by atoms with Gasteiger partial charge in [0.1, 0.15) is 5.76 Å². The predicted octanol–water partition coefficient (Wildman–Crippen LogP) is 4.66. The SMILES string of the molecule is C=C(O)/C(=N\C)C1CCCCCCCCCC1. The van der Waals surface area contributed by atoms with E-state index in [1.54, 1.807) is 7.05 Å². The van der Waals surface area contributed by atoms with E-state index in [1.165, 1.54) is 51.4 Å². The molecule has 0 saturated heterocycles. The Morgan fingerprint density at radius 3 is 1.71 bits per heavy atom. The summed E-state index contributed by atoms with van der Waals surface area (Å²) in [4.78, 5) is 4.23. The van der Waals surface area contributed by atoms with Crippen molar-refractivity contribution in [2.24, 2.45) is 10.9 Å². The molecule has 0 unspecified atom stereocenters. The zero-order valence-electron chi connectivity index (χ0n) is 11.2. The second-order valence-electron chi connectivity index (χ2n) is 5.16. The summed E-state index contributed by atoms with van der Waals surface area (Å²) < 4.78 is 0. The van der Waals surface area contributed by atoms with Gasteiger partial charge < -0.3 is 5.11 Å². The molecule has 1 aliphatic rings. The molecule has 0 amide bonds. The van der Waals surface area contributed by atoms with Crippen molar-refractivity contribution in [1.29, 1.82) is 0 Å². The van der Waals surface area contributed by atoms with Crippen molar-refractivity contribution in [1.82, 2.24) is 0 Å². The summed E-state index contributed by atoms with van der Waals surface area (Å²) in [6, 6.07) is 0. The molecule has 1 fully saturated rings. The minimum atomic E-state index is 0.173. The highest BCUT2D eigenvalue weighted by molar-refractivity contribution is 5.99. The third-order valence-electron chi connectivity index (χ3n) is 3.78. The van der Waals surface area contributed by atoms with E-state index in [2.05, 4.69) is 11.6 Å². The molecule has 2 heteroatoms. The van der Waals surface area contributed by atoms with Gasteiger partial charge in [-0.2, -0.15) is 0 Å². The van der Waals surface area contributed by atoms with E-state index in [0.717, 1.165) is 18.6 Å². The number of hydrogen-bond donors (Lipinski definition) is 1. The van der Waals surface area contributed by atoms with Crippen LogP contribution in [0.15, 0.2) is 17.3 Å². The zero-order valence-corrected chi connectivity index (χ0v) is 11.2. The van der Waals surface area contributed by atoms with E-state index >= 15 is 0 Å². The first-order valence-electron chi connectivity index (χ1n) is 7.10. The molecule has 1 rings (SSSR count). The highest BCUT2D eigenvalue weighted by atomic mass is 16.3. The molecule has 1 saturated carbocycles. The lowest BCUT2D eigenvalue weighted by Gasteiger charge is -2.18. The van der Waals surface area contributed by atoms with Crippen LogP contribution in [0.25, 0.3) is 0 Å². The van der Waals surface area contributed by atoms with Crippen molar-refractivity contribution < 1.29 is 5.11 Å². The van der Waals surface area contributed by atoms with Gasteiger partial charge in [0, 0.05) is 13.0 Å². The van der Waals surface area contributed by atoms with Gasteiger partial charge in [-0.3, -0.25) is 4.99 Å². The molecule has 0 heterocycles. The third-order valence-corrected chi connectivity index (χ3v) is 3.78. The first kappa shape index (κ1) is 14.3. The topological polar surface area (TPSA) is 32.6 Å². The molecular formula is C15H27NO. The zero-order chi connectivity index (χ0) is 12.5. The van der Waals surface area contributed by atoms with Gasteiger partial charge in [0.05, 0.1) is 5.71 Å². The Bertz CT molecular complexity index is 246. The van der Waals surface area contributed by atoms with Gasteiger partial charge in [-0.05, 0) is 12.8 Å². The van der Waals surface area contributed by atoms with E-state index in [-0.39, 0.29) is 5.76 Å². The van der Waals surface area contributed by atoms with Crippen molar-refractivity contribution in [3.63, 3.8) is 0 Å². The van der Waals surface area contributed by atoms with Crippen LogP contribution in [0.2, 0.25) is 0 Å². The molecule has 2 nitrogen and oxygen atoms in total. The molecule has 1 aliphatic carbocycles. The number of aliphatic imine (C=N–C) groups is 1. The first-order valence-corrected chi connectivity index (χ1v) is 7.10. The Hall–Kier alpha value is -0.790. The minimum Gasteiger partial charge on any atom is -0.507 e. The van der Waals surface area contributed by atoms with E-state index in [4.69, 9.17) is 0 Å². The van der Waals surface area contributed by atoms with Gasteiger partial charge in [-0.15, -0.1) is 0 Å². The van der Waals surface area contributed by atoms with E-state index in [0.29, 0.717) is 5.92 Å². The predicted molar refractivity (Wildman–Crippen MR) is 74.8 cm³/mol. The largest absolute Gasteiger partial charge is 0.507 e. The number of hydrogen-bond acceptors (Lipinski definition) is 2. The Morgan fingerprint density at radius 1 is 0.941 bits per heavy atom. The monoisotopic (exact) mass is 237 g/mol. The fraction of sp³-hybridized carbons (Fsp3) is 0.800. The Labute approximate surface area is 106 Å². The van der Waals surface area contributed by atoms with Crippen molar-refractivity contribution in [2.75, 3.05) is 7.05 Å². The quantitative estimate of drug-likeness (QED) is 0.550. The van der Waals surface area contributed by atoms with Crippen LogP contribution >= 0.6 is 0 Å². The average molecular weight is 237 g/mol. The normalized spacial score (nSPS) is 21.8. The molecule has 98 valence electrons. The Morgan fingerprint density at radius 2 is 1.35 bits per heavy atom. The lowest BCUT2D eigenvalue weighted by atomic mass is 9.90. The van der Waals surface area contributed by atoms with Crippen LogP contribution in [0.3, 0.4) is 0 Å². The summed E-state index contributed by atoms with van der Waals surface area (Å²) in [6.45, 7) is 3.64. The maximum Gasteiger partial charge on any atom is 0.129 e. The fourth-order valence-corrected chi connectivity index (χ4v) is 2.81. The first-order chi connectivity index (χ1) is 8.25. The van der Waals surface area contributed by atoms with Crippen molar-refractivity contribution in [3.8, 4) is 0 Å². The molecule has 0 aliphatic heterocycles. The summed E-state index contributed by atoms with van der Waals surface area (Å²) >= 11 is 0. The van der Waals surface area contributed by atoms with Gasteiger partial charge in [0.2, 0.25) is 0 Å². The van der Waals surface area contributed by atoms with Crippen LogP contribution < -0.4 is 0 Å². The lowest BCUT2D eigenvalue weighted by Crippen LogP contribution is -2.17. The Kier molecular flexibility index (Phi) is 6.99. The number of aliphatic hydroxyl groups is 1. The fourth-order valence-electron chi connectivity index (χ4n) is 2.81. The van der Waals surface area contributed by atoms with Crippen LogP contribution in [-0.4, -0.2) is 17.9 Å². The smallest absolute Gasteiger partial charge is 0.129 e. The van der Waals surface area contributed by atoms with Crippen LogP contribution in [0.1, 0.15) is 64.2 Å². The van der Waals surface area contributed by atoms with Crippen LogP contribution in [0, 0.1) is 5.92 Å². The highest BCUT2D eigenvalue weighted by Crippen LogP contribution is 2.24. The lowest BCUT2D eigenvalue weighted by molar-refractivity contribution is 0.427. The van der Waals surface area contributed by atoms with Crippen molar-refractivity contribution in [2.45, 2.75) is 64.2 Å². The maximum atomic E-state index is 9.58. The minimum absolute atomic E-state index is 0.173. The number of nitrogens with zero attached hydrogens (tertiary/aromatic N) is 1. The van der Waals surface area contributed by atoms with Gasteiger partial charge in [0.25, 0.3) is 0 Å². The molecule has 0 aromatic rings.